The smallest absolute Gasteiger partial charge is 0.115 e. The molecule has 0 unspecified atom stereocenters. The first-order valence-corrected chi connectivity index (χ1v) is 12.1. The predicted octanol–water partition coefficient (Wildman–Crippen LogP) is 5.54. The van der Waals surface area contributed by atoms with Crippen LogP contribution in [-0.2, 0) is 24.7 Å². The van der Waals surface area contributed by atoms with E-state index >= 15 is 0 Å². The van der Waals surface area contributed by atoms with Gasteiger partial charge in [-0.3, -0.25) is 4.98 Å². The molecule has 1 aromatic heterocycles. The molecule has 166 valence electrons. The fraction of sp³-hybridized carbons (Fsp3) is 0.300. The molecule has 2 atom stereocenters. The molecule has 1 aliphatic carbocycles. The lowest BCUT2D eigenvalue weighted by Crippen LogP contribution is -2.54. The average molecular weight is 435 g/mol. The summed E-state index contributed by atoms with van der Waals surface area (Å²) in [5, 5.41) is 11.5. The van der Waals surface area contributed by atoms with Crippen molar-refractivity contribution >= 4 is 10.9 Å². The van der Waals surface area contributed by atoms with Gasteiger partial charge in [0.25, 0.3) is 0 Å². The van der Waals surface area contributed by atoms with Crippen LogP contribution in [0.25, 0.3) is 10.9 Å². The van der Waals surface area contributed by atoms with Crippen molar-refractivity contribution in [2.45, 2.75) is 31.1 Å². The lowest BCUT2D eigenvalue weighted by molar-refractivity contribution is 0.0816. The highest BCUT2D eigenvalue weighted by molar-refractivity contribution is 5.79. The van der Waals surface area contributed by atoms with E-state index in [-0.39, 0.29) is 5.41 Å². The normalized spacial score (nSPS) is 22.6. The molecule has 33 heavy (non-hydrogen) atoms. The van der Waals surface area contributed by atoms with E-state index in [0.29, 0.717) is 11.7 Å². The van der Waals surface area contributed by atoms with Gasteiger partial charge in [-0.15, -0.1) is 0 Å². The number of aromatic nitrogens is 1. The van der Waals surface area contributed by atoms with Crippen LogP contribution in [-0.4, -0.2) is 34.6 Å². The van der Waals surface area contributed by atoms with Gasteiger partial charge in [-0.25, -0.2) is 0 Å². The Morgan fingerprint density at radius 3 is 2.67 bits per heavy atom. The first-order chi connectivity index (χ1) is 16.2. The maximum absolute atomic E-state index is 10.3. The third-order valence-electron chi connectivity index (χ3n) is 7.96. The molecule has 3 heteroatoms. The molecular formula is C30H30N2O. The second-order valence-electron chi connectivity index (χ2n) is 9.86. The molecule has 0 spiro atoms. The summed E-state index contributed by atoms with van der Waals surface area (Å²) < 4.78 is 0. The minimum atomic E-state index is 0.0322. The number of likely N-dealkylation sites (tertiary alicyclic amines) is 1. The molecule has 4 aromatic rings. The SMILES string of the molecule is Oc1cccc([C@@]23CCN(CCc4ccccc4)C[C@H]2Cc2cc4ccccc4nc2C3)c1. The number of hydrogen-bond acceptors (Lipinski definition) is 3. The van der Waals surface area contributed by atoms with E-state index in [4.69, 9.17) is 4.98 Å². The van der Waals surface area contributed by atoms with Crippen molar-refractivity contribution in [1.82, 2.24) is 9.88 Å². The van der Waals surface area contributed by atoms with Crippen molar-refractivity contribution in [3.8, 4) is 5.75 Å². The summed E-state index contributed by atoms with van der Waals surface area (Å²) >= 11 is 0. The molecule has 1 N–H and O–H groups in total. The zero-order valence-electron chi connectivity index (χ0n) is 19.0. The minimum absolute atomic E-state index is 0.0322. The van der Waals surface area contributed by atoms with Gasteiger partial charge < -0.3 is 10.0 Å². The summed E-state index contributed by atoms with van der Waals surface area (Å²) in [6, 6.07) is 29.7. The van der Waals surface area contributed by atoms with Gasteiger partial charge in [-0.05, 0) is 72.7 Å². The van der Waals surface area contributed by atoms with Crippen molar-refractivity contribution in [3.05, 3.63) is 107 Å². The quantitative estimate of drug-likeness (QED) is 0.458. The number of rotatable bonds is 4. The van der Waals surface area contributed by atoms with Gasteiger partial charge in [0.2, 0.25) is 0 Å². The van der Waals surface area contributed by atoms with Gasteiger partial charge in [0.15, 0.2) is 0 Å². The molecule has 0 radical (unpaired) electrons. The highest BCUT2D eigenvalue weighted by Crippen LogP contribution is 2.48. The van der Waals surface area contributed by atoms with E-state index in [1.54, 1.807) is 6.07 Å². The lowest BCUT2D eigenvalue weighted by atomic mass is 9.58. The van der Waals surface area contributed by atoms with E-state index < -0.39 is 0 Å². The van der Waals surface area contributed by atoms with E-state index in [1.807, 2.05) is 12.1 Å². The standard InChI is InChI=1S/C30H30N2O/c33-27-11-6-10-25(19-27)30-14-16-32(15-13-22-7-2-1-3-8-22)21-26(30)18-24-17-23-9-4-5-12-28(23)31-29(24)20-30/h1-12,17,19,26,33H,13-16,18,20-21H2/t26-,30+/m1/s1. The number of piperidine rings is 1. The van der Waals surface area contributed by atoms with E-state index in [2.05, 4.69) is 71.6 Å². The highest BCUT2D eigenvalue weighted by Gasteiger charge is 2.47. The maximum Gasteiger partial charge on any atom is 0.115 e. The fourth-order valence-electron chi connectivity index (χ4n) is 6.16. The first-order valence-electron chi connectivity index (χ1n) is 12.1. The van der Waals surface area contributed by atoms with Crippen LogP contribution in [0.2, 0.25) is 0 Å². The van der Waals surface area contributed by atoms with Crippen LogP contribution in [0, 0.1) is 5.92 Å². The van der Waals surface area contributed by atoms with E-state index in [9.17, 15) is 5.11 Å². The van der Waals surface area contributed by atoms with Crippen molar-refractivity contribution < 1.29 is 5.11 Å². The van der Waals surface area contributed by atoms with Gasteiger partial charge >= 0.3 is 0 Å². The van der Waals surface area contributed by atoms with Gasteiger partial charge in [-0.2, -0.15) is 0 Å². The number of para-hydroxylation sites is 1. The number of benzene rings is 3. The molecule has 2 heterocycles. The van der Waals surface area contributed by atoms with Gasteiger partial charge in [0.1, 0.15) is 5.75 Å². The summed E-state index contributed by atoms with van der Waals surface area (Å²) in [5.74, 6) is 0.878. The fourth-order valence-corrected chi connectivity index (χ4v) is 6.16. The van der Waals surface area contributed by atoms with Crippen LogP contribution in [0.3, 0.4) is 0 Å². The predicted molar refractivity (Wildman–Crippen MR) is 134 cm³/mol. The summed E-state index contributed by atoms with van der Waals surface area (Å²) in [7, 11) is 0. The Morgan fingerprint density at radius 2 is 1.79 bits per heavy atom. The number of pyridine rings is 1. The number of nitrogens with zero attached hydrogens (tertiary/aromatic N) is 2. The van der Waals surface area contributed by atoms with Crippen molar-refractivity contribution in [1.29, 1.82) is 0 Å². The third-order valence-corrected chi connectivity index (χ3v) is 7.96. The van der Waals surface area contributed by atoms with Crippen LogP contribution in [0.15, 0.2) is 84.9 Å². The number of aromatic hydroxyl groups is 1. The summed E-state index contributed by atoms with van der Waals surface area (Å²) in [4.78, 5) is 7.77. The first kappa shape index (κ1) is 20.4. The molecular weight excluding hydrogens is 404 g/mol. The molecule has 0 amide bonds. The molecule has 0 bridgehead atoms. The molecule has 1 saturated heterocycles. The van der Waals surface area contributed by atoms with Crippen molar-refractivity contribution in [2.75, 3.05) is 19.6 Å². The molecule has 1 fully saturated rings. The Kier molecular flexibility index (Phi) is 5.15. The van der Waals surface area contributed by atoms with E-state index in [0.717, 1.165) is 50.8 Å². The molecule has 3 aromatic carbocycles. The molecule has 0 saturated carbocycles. The highest BCUT2D eigenvalue weighted by atomic mass is 16.3. The Hall–Kier alpha value is -3.17. The Morgan fingerprint density at radius 1 is 0.939 bits per heavy atom. The second kappa shape index (κ2) is 8.31. The number of hydrogen-bond donors (Lipinski definition) is 1. The van der Waals surface area contributed by atoms with E-state index in [1.165, 1.54) is 27.8 Å². The Bertz CT molecular complexity index is 1280. The second-order valence-corrected chi connectivity index (χ2v) is 9.86. The van der Waals surface area contributed by atoms with Crippen molar-refractivity contribution in [2.24, 2.45) is 5.92 Å². The molecule has 6 rings (SSSR count). The van der Waals surface area contributed by atoms with Crippen LogP contribution in [0.4, 0.5) is 0 Å². The monoisotopic (exact) mass is 434 g/mol. The maximum atomic E-state index is 10.3. The van der Waals surface area contributed by atoms with Crippen LogP contribution >= 0.6 is 0 Å². The lowest BCUT2D eigenvalue weighted by Gasteiger charge is -2.51. The topological polar surface area (TPSA) is 36.4 Å². The third kappa shape index (κ3) is 3.81. The van der Waals surface area contributed by atoms with Gasteiger partial charge in [0.05, 0.1) is 5.52 Å². The summed E-state index contributed by atoms with van der Waals surface area (Å²) in [5.41, 5.74) is 6.44. The number of phenolic OH excluding ortho intramolecular Hbond substituents is 1. The van der Waals surface area contributed by atoms with Crippen LogP contribution < -0.4 is 0 Å². The largest absolute Gasteiger partial charge is 0.508 e. The minimum Gasteiger partial charge on any atom is -0.508 e. The number of fused-ring (bicyclic) bond motifs is 3. The van der Waals surface area contributed by atoms with Crippen molar-refractivity contribution in [3.63, 3.8) is 0 Å². The molecule has 3 nitrogen and oxygen atoms in total. The molecule has 2 aliphatic rings. The Labute approximate surface area is 195 Å². The zero-order valence-corrected chi connectivity index (χ0v) is 19.0. The summed E-state index contributed by atoms with van der Waals surface area (Å²) in [6.07, 6.45) is 4.19. The zero-order chi connectivity index (χ0) is 22.3. The number of phenols is 1. The summed E-state index contributed by atoms with van der Waals surface area (Å²) in [6.45, 7) is 3.27. The van der Waals surface area contributed by atoms with Gasteiger partial charge in [-0.1, -0.05) is 60.7 Å². The van der Waals surface area contributed by atoms with Gasteiger partial charge in [0, 0.05) is 36.0 Å². The molecule has 1 aliphatic heterocycles. The Balaban J connectivity index is 1.34. The average Bonchev–Trinajstić information content (AvgIpc) is 2.85. The van der Waals surface area contributed by atoms with Crippen LogP contribution in [0.5, 0.6) is 5.75 Å². The van der Waals surface area contributed by atoms with Crippen LogP contribution in [0.1, 0.15) is 28.8 Å².